The van der Waals surface area contributed by atoms with Crippen LogP contribution in [0.4, 0.5) is 5.69 Å². The van der Waals surface area contributed by atoms with Gasteiger partial charge < -0.3 is 9.64 Å². The first-order valence-electron chi connectivity index (χ1n) is 11.4. The molecule has 0 saturated carbocycles. The van der Waals surface area contributed by atoms with Crippen LogP contribution in [-0.4, -0.2) is 32.5 Å². The van der Waals surface area contributed by atoms with Crippen molar-refractivity contribution in [1.29, 1.82) is 0 Å². The Bertz CT molecular complexity index is 795. The maximum Gasteiger partial charge on any atom is 0.118 e. The fraction of sp³-hybridized carbons (Fsp3) is 0.538. The van der Waals surface area contributed by atoms with Crippen LogP contribution >= 0.6 is 11.8 Å². The summed E-state index contributed by atoms with van der Waals surface area (Å²) in [5.74, 6) is 2.04. The van der Waals surface area contributed by atoms with E-state index in [4.69, 9.17) is 4.74 Å². The van der Waals surface area contributed by atoms with Gasteiger partial charge in [-0.05, 0) is 54.3 Å². The number of fused-ring (bicyclic) bond motifs is 1. The van der Waals surface area contributed by atoms with Gasteiger partial charge in [0.15, 0.2) is 0 Å². The third-order valence-electron chi connectivity index (χ3n) is 6.24. The fourth-order valence-electron chi connectivity index (χ4n) is 4.32. The molecule has 1 N–H and O–H groups in total. The molecule has 1 atom stereocenters. The van der Waals surface area contributed by atoms with E-state index in [9.17, 15) is 0 Å². The lowest BCUT2D eigenvalue weighted by Crippen LogP contribution is -2.48. The van der Waals surface area contributed by atoms with Gasteiger partial charge in [-0.3, -0.25) is 5.32 Å². The number of nitrogens with one attached hydrogen (secondary N) is 1. The quantitative estimate of drug-likeness (QED) is 0.484. The molecule has 2 aromatic rings. The van der Waals surface area contributed by atoms with Crippen LogP contribution < -0.4 is 15.0 Å². The van der Waals surface area contributed by atoms with Crippen LogP contribution in [0.25, 0.3) is 0 Å². The lowest BCUT2D eigenvalue weighted by atomic mass is 9.86. The molecule has 1 heterocycles. The molecule has 0 aromatic heterocycles. The fourth-order valence-corrected chi connectivity index (χ4v) is 5.63. The topological polar surface area (TPSA) is 24.5 Å². The van der Waals surface area contributed by atoms with Gasteiger partial charge in [0, 0.05) is 36.0 Å². The molecule has 0 bridgehead atoms. The molecule has 0 radical (unpaired) electrons. The number of methoxy groups -OCH3 is 1. The van der Waals surface area contributed by atoms with Crippen molar-refractivity contribution in [3.63, 3.8) is 0 Å². The number of rotatable bonds is 9. The molecule has 1 aliphatic heterocycles. The third kappa shape index (κ3) is 5.33. The molecule has 30 heavy (non-hydrogen) atoms. The van der Waals surface area contributed by atoms with Crippen molar-refractivity contribution in [3.8, 4) is 5.75 Å². The van der Waals surface area contributed by atoms with E-state index in [1.54, 1.807) is 7.11 Å². The Labute approximate surface area is 187 Å². The van der Waals surface area contributed by atoms with Crippen LogP contribution in [0.5, 0.6) is 5.75 Å². The first kappa shape index (κ1) is 23.0. The summed E-state index contributed by atoms with van der Waals surface area (Å²) in [5, 5.41) is 4.20. The summed E-state index contributed by atoms with van der Waals surface area (Å²) in [4.78, 5) is 3.60. The smallest absolute Gasteiger partial charge is 0.118 e. The van der Waals surface area contributed by atoms with Crippen LogP contribution in [0.2, 0.25) is 0 Å². The highest BCUT2D eigenvalue weighted by Gasteiger charge is 2.36. The van der Waals surface area contributed by atoms with Crippen LogP contribution in [0.3, 0.4) is 0 Å². The number of thioether (sulfide) groups is 1. The molecule has 0 amide bonds. The Morgan fingerprint density at radius 1 is 1.03 bits per heavy atom. The highest BCUT2D eigenvalue weighted by Crippen LogP contribution is 2.42. The Kier molecular flexibility index (Phi) is 8.13. The first-order valence-corrected chi connectivity index (χ1v) is 12.4. The number of ether oxygens (including phenoxy) is 1. The number of hydrogen-bond acceptors (Lipinski definition) is 4. The molecule has 1 aliphatic rings. The van der Waals surface area contributed by atoms with Crippen molar-refractivity contribution in [2.45, 2.75) is 68.8 Å². The number of hydrogen-bond donors (Lipinski definition) is 1. The second-order valence-corrected chi connectivity index (χ2v) is 9.76. The van der Waals surface area contributed by atoms with E-state index in [0.717, 1.165) is 11.5 Å². The Hall–Kier alpha value is -1.65. The maximum absolute atomic E-state index is 5.42. The Balaban J connectivity index is 2.06. The van der Waals surface area contributed by atoms with E-state index < -0.39 is 0 Å². The van der Waals surface area contributed by atoms with Crippen molar-refractivity contribution < 1.29 is 4.74 Å². The second-order valence-electron chi connectivity index (χ2n) is 8.74. The van der Waals surface area contributed by atoms with Crippen LogP contribution in [-0.2, 0) is 0 Å². The zero-order chi connectivity index (χ0) is 21.6. The molecule has 4 heteroatoms. The Morgan fingerprint density at radius 2 is 1.70 bits per heavy atom. The summed E-state index contributed by atoms with van der Waals surface area (Å²) >= 11 is 2.04. The van der Waals surface area contributed by atoms with Gasteiger partial charge in [-0.1, -0.05) is 51.7 Å². The van der Waals surface area contributed by atoms with Gasteiger partial charge in [0.25, 0.3) is 0 Å². The molecule has 0 unspecified atom stereocenters. The van der Waals surface area contributed by atoms with Crippen molar-refractivity contribution >= 4 is 17.4 Å². The maximum atomic E-state index is 5.42. The van der Waals surface area contributed by atoms with Crippen molar-refractivity contribution in [2.75, 3.05) is 31.9 Å². The average molecular weight is 427 g/mol. The van der Waals surface area contributed by atoms with Crippen molar-refractivity contribution in [2.24, 2.45) is 0 Å². The molecule has 164 valence electrons. The SMILES string of the molecule is CCCCC1(CCCC)CSc2ccc(N(C)C)cc2[C@@H](c2ccc(OC)cc2)N1. The molecular weight excluding hydrogens is 388 g/mol. The zero-order valence-electron chi connectivity index (χ0n) is 19.3. The lowest BCUT2D eigenvalue weighted by molar-refractivity contribution is 0.281. The molecule has 0 spiro atoms. The normalized spacial score (nSPS) is 17.8. The van der Waals surface area contributed by atoms with Gasteiger partial charge in [-0.25, -0.2) is 0 Å². The minimum Gasteiger partial charge on any atom is -0.497 e. The zero-order valence-corrected chi connectivity index (χ0v) is 20.1. The average Bonchev–Trinajstić information content (AvgIpc) is 2.93. The minimum atomic E-state index is 0.165. The van der Waals surface area contributed by atoms with Crippen molar-refractivity contribution in [3.05, 3.63) is 53.6 Å². The predicted molar refractivity (Wildman–Crippen MR) is 131 cm³/mol. The predicted octanol–water partition coefficient (Wildman–Crippen LogP) is 6.67. The number of nitrogens with zero attached hydrogens (tertiary/aromatic N) is 1. The lowest BCUT2D eigenvalue weighted by Gasteiger charge is -2.37. The molecule has 0 saturated heterocycles. The third-order valence-corrected chi connectivity index (χ3v) is 7.62. The Morgan fingerprint density at radius 3 is 2.27 bits per heavy atom. The summed E-state index contributed by atoms with van der Waals surface area (Å²) < 4.78 is 5.42. The van der Waals surface area contributed by atoms with Gasteiger partial charge in [0.1, 0.15) is 5.75 Å². The molecular formula is C26H38N2OS. The van der Waals surface area contributed by atoms with E-state index in [0.29, 0.717) is 0 Å². The summed E-state index contributed by atoms with van der Waals surface area (Å²) in [7, 11) is 5.97. The molecule has 3 nitrogen and oxygen atoms in total. The van der Waals surface area contributed by atoms with Gasteiger partial charge in [-0.15, -0.1) is 11.8 Å². The molecule has 3 rings (SSSR count). The number of benzene rings is 2. The largest absolute Gasteiger partial charge is 0.497 e. The van der Waals surface area contributed by atoms with E-state index in [1.165, 1.54) is 60.2 Å². The van der Waals surface area contributed by atoms with Crippen LogP contribution in [0.15, 0.2) is 47.4 Å². The molecule has 0 fully saturated rings. The monoisotopic (exact) mass is 426 g/mol. The summed E-state index contributed by atoms with van der Waals surface area (Å²) in [6, 6.07) is 15.8. The van der Waals surface area contributed by atoms with Gasteiger partial charge >= 0.3 is 0 Å². The summed E-state index contributed by atoms with van der Waals surface area (Å²) in [6.45, 7) is 4.60. The summed E-state index contributed by atoms with van der Waals surface area (Å²) in [6.07, 6.45) is 7.49. The molecule has 2 aromatic carbocycles. The second kappa shape index (κ2) is 10.6. The first-order chi connectivity index (χ1) is 14.5. The van der Waals surface area contributed by atoms with E-state index in [1.807, 2.05) is 11.8 Å². The highest BCUT2D eigenvalue weighted by atomic mass is 32.2. The van der Waals surface area contributed by atoms with Crippen LogP contribution in [0, 0.1) is 0 Å². The summed E-state index contributed by atoms with van der Waals surface area (Å²) in [5.41, 5.74) is 4.13. The van der Waals surface area contributed by atoms with Crippen LogP contribution in [0.1, 0.15) is 69.5 Å². The minimum absolute atomic E-state index is 0.165. The van der Waals surface area contributed by atoms with E-state index >= 15 is 0 Å². The van der Waals surface area contributed by atoms with E-state index in [-0.39, 0.29) is 11.6 Å². The van der Waals surface area contributed by atoms with Gasteiger partial charge in [0.05, 0.1) is 13.2 Å². The van der Waals surface area contributed by atoms with Gasteiger partial charge in [-0.2, -0.15) is 0 Å². The highest BCUT2D eigenvalue weighted by molar-refractivity contribution is 7.99. The number of unbranched alkanes of at least 4 members (excludes halogenated alkanes) is 2. The standard InChI is InChI=1S/C26H38N2OS/c1-6-8-16-26(17-9-7-2)19-30-24-15-12-21(28(3)4)18-23(24)25(27-26)20-10-13-22(29-5)14-11-20/h10-15,18,25,27H,6-9,16-17,19H2,1-5H3/t25-/m1/s1. The number of anilines is 1. The van der Waals surface area contributed by atoms with Crippen molar-refractivity contribution in [1.82, 2.24) is 5.32 Å². The van der Waals surface area contributed by atoms with E-state index in [2.05, 4.69) is 80.6 Å². The van der Waals surface area contributed by atoms with Gasteiger partial charge in [0.2, 0.25) is 0 Å². The molecule has 0 aliphatic carbocycles.